The average Bonchev–Trinajstić information content (AvgIpc) is 2.46. The third kappa shape index (κ3) is 3.42. The van der Waals surface area contributed by atoms with E-state index in [0.717, 1.165) is 5.56 Å². The second-order valence-corrected chi connectivity index (χ2v) is 4.36. The first-order valence-electron chi connectivity index (χ1n) is 5.64. The molecule has 0 aliphatic carbocycles. The number of halogens is 1. The number of aldehydes is 2. The van der Waals surface area contributed by atoms with Gasteiger partial charge in [-0.25, -0.2) is 0 Å². The van der Waals surface area contributed by atoms with E-state index in [2.05, 4.69) is 0 Å². The molecule has 3 nitrogen and oxygen atoms in total. The van der Waals surface area contributed by atoms with Crippen LogP contribution in [0.5, 0.6) is 5.75 Å². The number of ether oxygens (including phenoxy) is 1. The van der Waals surface area contributed by atoms with Crippen molar-refractivity contribution < 1.29 is 14.3 Å². The van der Waals surface area contributed by atoms with Gasteiger partial charge in [0, 0.05) is 21.7 Å². The van der Waals surface area contributed by atoms with Crippen molar-refractivity contribution in [1.82, 2.24) is 0 Å². The summed E-state index contributed by atoms with van der Waals surface area (Å²) in [6.07, 6.45) is 1.35. The average molecular weight is 275 g/mol. The van der Waals surface area contributed by atoms with Crippen LogP contribution >= 0.6 is 11.6 Å². The number of carbonyl (C=O) groups excluding carboxylic acids is 2. The van der Waals surface area contributed by atoms with E-state index in [1.807, 2.05) is 18.2 Å². The molecule has 0 atom stereocenters. The van der Waals surface area contributed by atoms with Gasteiger partial charge in [-0.2, -0.15) is 0 Å². The highest BCUT2D eigenvalue weighted by Gasteiger charge is 2.03. The van der Waals surface area contributed by atoms with E-state index in [0.29, 0.717) is 34.5 Å². The topological polar surface area (TPSA) is 43.4 Å². The molecule has 2 aromatic rings. The van der Waals surface area contributed by atoms with Gasteiger partial charge in [0.2, 0.25) is 0 Å². The van der Waals surface area contributed by atoms with Crippen LogP contribution in [0.3, 0.4) is 0 Å². The first-order chi connectivity index (χ1) is 9.22. The molecule has 19 heavy (non-hydrogen) atoms. The zero-order chi connectivity index (χ0) is 13.7. The number of rotatable bonds is 5. The Kier molecular flexibility index (Phi) is 4.31. The van der Waals surface area contributed by atoms with Crippen molar-refractivity contribution >= 4 is 24.2 Å². The lowest BCUT2D eigenvalue weighted by atomic mass is 10.1. The van der Waals surface area contributed by atoms with Gasteiger partial charge in [0.25, 0.3) is 0 Å². The Morgan fingerprint density at radius 2 is 1.63 bits per heavy atom. The van der Waals surface area contributed by atoms with Gasteiger partial charge in [-0.3, -0.25) is 9.59 Å². The van der Waals surface area contributed by atoms with Gasteiger partial charge in [-0.05, 0) is 24.3 Å². The van der Waals surface area contributed by atoms with E-state index in [9.17, 15) is 9.59 Å². The number of hydrogen-bond acceptors (Lipinski definition) is 3. The Hall–Kier alpha value is -2.13. The molecule has 0 amide bonds. The molecule has 0 aliphatic rings. The monoisotopic (exact) mass is 274 g/mol. The standard InChI is InChI=1S/C15H11ClO3/c16-15-4-2-1-3-13(15)10-19-14-6-11(8-17)5-12(7-14)9-18/h1-9H,10H2. The van der Waals surface area contributed by atoms with Crippen LogP contribution in [0.15, 0.2) is 42.5 Å². The number of carbonyl (C=O) groups is 2. The van der Waals surface area contributed by atoms with Gasteiger partial charge >= 0.3 is 0 Å². The molecular formula is C15H11ClO3. The maximum atomic E-state index is 10.8. The van der Waals surface area contributed by atoms with Crippen LogP contribution in [0, 0.1) is 0 Å². The molecule has 2 aromatic carbocycles. The van der Waals surface area contributed by atoms with Gasteiger partial charge in [-0.15, -0.1) is 0 Å². The van der Waals surface area contributed by atoms with Crippen molar-refractivity contribution in [3.63, 3.8) is 0 Å². The van der Waals surface area contributed by atoms with Crippen LogP contribution in [0.2, 0.25) is 5.02 Å². The van der Waals surface area contributed by atoms with Crippen molar-refractivity contribution in [1.29, 1.82) is 0 Å². The number of benzene rings is 2. The van der Waals surface area contributed by atoms with Crippen molar-refractivity contribution in [2.24, 2.45) is 0 Å². The zero-order valence-corrected chi connectivity index (χ0v) is 10.8. The van der Waals surface area contributed by atoms with Crippen molar-refractivity contribution in [2.45, 2.75) is 6.61 Å². The normalized spacial score (nSPS) is 9.95. The SMILES string of the molecule is O=Cc1cc(C=O)cc(OCc2ccccc2Cl)c1. The van der Waals surface area contributed by atoms with E-state index < -0.39 is 0 Å². The highest BCUT2D eigenvalue weighted by Crippen LogP contribution is 2.20. The molecule has 0 aliphatic heterocycles. The Labute approximate surface area is 115 Å². The fourth-order valence-corrected chi connectivity index (χ4v) is 1.83. The molecule has 2 rings (SSSR count). The van der Waals surface area contributed by atoms with E-state index in [4.69, 9.17) is 16.3 Å². The second-order valence-electron chi connectivity index (χ2n) is 3.95. The summed E-state index contributed by atoms with van der Waals surface area (Å²) in [4.78, 5) is 21.5. The summed E-state index contributed by atoms with van der Waals surface area (Å²) in [5.41, 5.74) is 1.64. The van der Waals surface area contributed by atoms with Gasteiger partial charge < -0.3 is 4.74 Å². The molecule has 0 heterocycles. The van der Waals surface area contributed by atoms with Gasteiger partial charge in [0.15, 0.2) is 0 Å². The molecule has 0 unspecified atom stereocenters. The molecule has 96 valence electrons. The van der Waals surface area contributed by atoms with Crippen LogP contribution in [-0.4, -0.2) is 12.6 Å². The molecule has 0 spiro atoms. The van der Waals surface area contributed by atoms with E-state index >= 15 is 0 Å². The Bertz CT molecular complexity index is 582. The largest absolute Gasteiger partial charge is 0.489 e. The first kappa shape index (κ1) is 13.3. The Balaban J connectivity index is 2.17. The summed E-state index contributed by atoms with van der Waals surface area (Å²) in [6.45, 7) is 0.278. The second kappa shape index (κ2) is 6.16. The molecule has 4 heteroatoms. The van der Waals surface area contributed by atoms with Crippen molar-refractivity contribution in [3.8, 4) is 5.75 Å². The summed E-state index contributed by atoms with van der Waals surface area (Å²) in [5, 5.41) is 0.615. The van der Waals surface area contributed by atoms with E-state index in [1.54, 1.807) is 18.2 Å². The van der Waals surface area contributed by atoms with Crippen molar-refractivity contribution in [3.05, 3.63) is 64.2 Å². The molecule has 0 aromatic heterocycles. The maximum Gasteiger partial charge on any atom is 0.150 e. The fourth-order valence-electron chi connectivity index (χ4n) is 1.64. The number of hydrogen-bond donors (Lipinski definition) is 0. The predicted octanol–water partition coefficient (Wildman–Crippen LogP) is 3.54. The smallest absolute Gasteiger partial charge is 0.150 e. The minimum atomic E-state index is 0.278. The van der Waals surface area contributed by atoms with Gasteiger partial charge in [0.1, 0.15) is 24.9 Å². The Morgan fingerprint density at radius 1 is 1.00 bits per heavy atom. The highest BCUT2D eigenvalue weighted by molar-refractivity contribution is 6.31. The zero-order valence-electron chi connectivity index (χ0n) is 10.0. The quantitative estimate of drug-likeness (QED) is 0.783. The fraction of sp³-hybridized carbons (Fsp3) is 0.0667. The van der Waals surface area contributed by atoms with E-state index in [1.165, 1.54) is 6.07 Å². The first-order valence-corrected chi connectivity index (χ1v) is 6.02. The third-order valence-electron chi connectivity index (χ3n) is 2.58. The van der Waals surface area contributed by atoms with E-state index in [-0.39, 0.29) is 6.61 Å². The molecular weight excluding hydrogens is 264 g/mol. The minimum absolute atomic E-state index is 0.278. The van der Waals surface area contributed by atoms with Crippen LogP contribution in [-0.2, 0) is 6.61 Å². The summed E-state index contributed by atoms with van der Waals surface area (Å²) in [7, 11) is 0. The van der Waals surface area contributed by atoms with Crippen LogP contribution in [0.1, 0.15) is 26.3 Å². The lowest BCUT2D eigenvalue weighted by Crippen LogP contribution is -1.98. The van der Waals surface area contributed by atoms with Crippen molar-refractivity contribution in [2.75, 3.05) is 0 Å². The summed E-state index contributed by atoms with van der Waals surface area (Å²) in [5.74, 6) is 0.464. The van der Waals surface area contributed by atoms with Crippen LogP contribution < -0.4 is 4.74 Å². The Morgan fingerprint density at radius 3 is 2.21 bits per heavy atom. The lowest BCUT2D eigenvalue weighted by molar-refractivity contribution is 0.112. The molecule has 0 radical (unpaired) electrons. The molecule has 0 N–H and O–H groups in total. The predicted molar refractivity (Wildman–Crippen MR) is 73.0 cm³/mol. The van der Waals surface area contributed by atoms with Crippen LogP contribution in [0.4, 0.5) is 0 Å². The maximum absolute atomic E-state index is 10.8. The molecule has 0 saturated heterocycles. The minimum Gasteiger partial charge on any atom is -0.489 e. The molecule has 0 bridgehead atoms. The summed E-state index contributed by atoms with van der Waals surface area (Å²) >= 11 is 6.02. The molecule has 0 saturated carbocycles. The van der Waals surface area contributed by atoms with Gasteiger partial charge in [0.05, 0.1) is 0 Å². The summed E-state index contributed by atoms with van der Waals surface area (Å²) in [6, 6.07) is 12.0. The highest BCUT2D eigenvalue weighted by atomic mass is 35.5. The van der Waals surface area contributed by atoms with Gasteiger partial charge in [-0.1, -0.05) is 29.8 Å². The third-order valence-corrected chi connectivity index (χ3v) is 2.94. The van der Waals surface area contributed by atoms with Crippen LogP contribution in [0.25, 0.3) is 0 Å². The summed E-state index contributed by atoms with van der Waals surface area (Å²) < 4.78 is 5.56. The molecule has 0 fully saturated rings. The lowest BCUT2D eigenvalue weighted by Gasteiger charge is -2.08.